The van der Waals surface area contributed by atoms with Gasteiger partial charge in [-0.3, -0.25) is 0 Å². The van der Waals surface area contributed by atoms with Crippen LogP contribution in [0.4, 0.5) is 0 Å². The molecule has 57 heavy (non-hydrogen) atoms. The van der Waals surface area contributed by atoms with Gasteiger partial charge in [-0.1, -0.05) is 158 Å². The molecule has 266 valence electrons. The van der Waals surface area contributed by atoms with Gasteiger partial charge in [0.2, 0.25) is 0 Å². The molecule has 0 unspecified atom stereocenters. The number of hydrogen-bond donors (Lipinski definition) is 0. The standard InChI is InChI=1S/C53H33N3O/c1-4-12-34(13-5-1)42-28-43(35-14-6-2-7-15-35)30-44(29-42)36-20-23-39(24-21-36)52-54-51(38-17-8-3-9-18-38)55-53(56-52)41-26-27-46-48-33-47-40(31-50(48)57-49(46)32-41)25-22-37-16-10-11-19-45(37)47/h1-33H. The third-order valence-corrected chi connectivity index (χ3v) is 10.9. The molecule has 11 rings (SSSR count). The van der Waals surface area contributed by atoms with Crippen LogP contribution in [0.3, 0.4) is 0 Å². The van der Waals surface area contributed by atoms with E-state index in [-0.39, 0.29) is 0 Å². The molecule has 0 bridgehead atoms. The number of nitrogens with zero attached hydrogens (tertiary/aromatic N) is 3. The molecule has 9 aromatic carbocycles. The lowest BCUT2D eigenvalue weighted by molar-refractivity contribution is 0.669. The maximum Gasteiger partial charge on any atom is 0.164 e. The zero-order valence-electron chi connectivity index (χ0n) is 30.8. The Bertz CT molecular complexity index is 3210. The van der Waals surface area contributed by atoms with Crippen molar-refractivity contribution in [2.45, 2.75) is 0 Å². The quantitative estimate of drug-likeness (QED) is 0.160. The monoisotopic (exact) mass is 727 g/mol. The smallest absolute Gasteiger partial charge is 0.164 e. The number of furan rings is 1. The third-order valence-electron chi connectivity index (χ3n) is 10.9. The lowest BCUT2D eigenvalue weighted by Crippen LogP contribution is -2.00. The first-order valence-corrected chi connectivity index (χ1v) is 19.2. The Balaban J connectivity index is 1.00. The molecule has 4 nitrogen and oxygen atoms in total. The van der Waals surface area contributed by atoms with E-state index in [1.807, 2.05) is 30.3 Å². The topological polar surface area (TPSA) is 51.8 Å². The fraction of sp³-hybridized carbons (Fsp3) is 0. The molecule has 0 saturated heterocycles. The van der Waals surface area contributed by atoms with E-state index in [0.717, 1.165) is 55.1 Å². The Morgan fingerprint density at radius 3 is 1.33 bits per heavy atom. The third kappa shape index (κ3) is 6.01. The van der Waals surface area contributed by atoms with Crippen molar-refractivity contribution >= 4 is 43.5 Å². The maximum atomic E-state index is 6.52. The molecule has 0 aliphatic carbocycles. The van der Waals surface area contributed by atoms with Gasteiger partial charge < -0.3 is 4.42 Å². The van der Waals surface area contributed by atoms with Crippen LogP contribution in [0.5, 0.6) is 0 Å². The summed E-state index contributed by atoms with van der Waals surface area (Å²) in [7, 11) is 0. The molecule has 0 fully saturated rings. The van der Waals surface area contributed by atoms with Gasteiger partial charge in [0.05, 0.1) is 0 Å². The summed E-state index contributed by atoms with van der Waals surface area (Å²) in [6, 6.07) is 70.1. The van der Waals surface area contributed by atoms with Crippen LogP contribution < -0.4 is 0 Å². The van der Waals surface area contributed by atoms with E-state index in [1.54, 1.807) is 0 Å². The van der Waals surface area contributed by atoms with Crippen LogP contribution >= 0.6 is 0 Å². The maximum absolute atomic E-state index is 6.52. The Labute approximate surface area is 329 Å². The van der Waals surface area contributed by atoms with Gasteiger partial charge in [0.15, 0.2) is 17.5 Å². The Hall–Kier alpha value is -7.69. The molecule has 0 aliphatic rings. The summed E-state index contributed by atoms with van der Waals surface area (Å²) in [6.07, 6.45) is 0. The van der Waals surface area contributed by atoms with Gasteiger partial charge in [0, 0.05) is 27.5 Å². The van der Waals surface area contributed by atoms with E-state index >= 15 is 0 Å². The van der Waals surface area contributed by atoms with Crippen LogP contribution in [0.15, 0.2) is 205 Å². The molecule has 0 aliphatic heterocycles. The van der Waals surface area contributed by atoms with Gasteiger partial charge in [-0.15, -0.1) is 0 Å². The van der Waals surface area contributed by atoms with Crippen molar-refractivity contribution in [2.75, 3.05) is 0 Å². The second kappa shape index (κ2) is 13.6. The number of aromatic nitrogens is 3. The molecule has 4 heteroatoms. The minimum atomic E-state index is 0.588. The second-order valence-electron chi connectivity index (χ2n) is 14.4. The summed E-state index contributed by atoms with van der Waals surface area (Å²) < 4.78 is 6.52. The van der Waals surface area contributed by atoms with Crippen LogP contribution in [0.1, 0.15) is 0 Å². The van der Waals surface area contributed by atoms with E-state index in [0.29, 0.717) is 17.5 Å². The molecule has 0 atom stereocenters. The normalized spacial score (nSPS) is 11.5. The van der Waals surface area contributed by atoms with Crippen LogP contribution in [0.25, 0.3) is 111 Å². The molecule has 2 heterocycles. The fourth-order valence-electron chi connectivity index (χ4n) is 7.97. The van der Waals surface area contributed by atoms with Crippen molar-refractivity contribution in [2.24, 2.45) is 0 Å². The van der Waals surface area contributed by atoms with Crippen molar-refractivity contribution in [1.29, 1.82) is 0 Å². The molecule has 0 spiro atoms. The second-order valence-corrected chi connectivity index (χ2v) is 14.4. The largest absolute Gasteiger partial charge is 0.456 e. The summed E-state index contributed by atoms with van der Waals surface area (Å²) >= 11 is 0. The van der Waals surface area contributed by atoms with Gasteiger partial charge in [-0.25, -0.2) is 15.0 Å². The highest BCUT2D eigenvalue weighted by Gasteiger charge is 2.16. The highest BCUT2D eigenvalue weighted by molar-refractivity contribution is 6.16. The number of rotatable bonds is 6. The number of fused-ring (bicyclic) bond motifs is 6. The molecule has 0 amide bonds. The summed E-state index contributed by atoms with van der Waals surface area (Å²) in [5, 5.41) is 6.98. The van der Waals surface area contributed by atoms with Gasteiger partial charge in [-0.05, 0) is 97.4 Å². The van der Waals surface area contributed by atoms with Crippen molar-refractivity contribution in [3.05, 3.63) is 200 Å². The number of benzene rings is 9. The predicted octanol–water partition coefficient (Wildman–Crippen LogP) is 14.1. The van der Waals surface area contributed by atoms with E-state index in [4.69, 9.17) is 19.4 Å². The van der Waals surface area contributed by atoms with Gasteiger partial charge in [0.25, 0.3) is 0 Å². The fourth-order valence-corrected chi connectivity index (χ4v) is 7.97. The molecule has 0 saturated carbocycles. The SMILES string of the molecule is c1ccc(-c2cc(-c3ccccc3)cc(-c3ccc(-c4nc(-c5ccccc5)nc(-c5ccc6c(c5)oc5cc7ccc8ccccc8c7cc56)n4)cc3)c2)cc1. The molecule has 2 aromatic heterocycles. The molecular formula is C53H33N3O. The van der Waals surface area contributed by atoms with Crippen LogP contribution in [0.2, 0.25) is 0 Å². The highest BCUT2D eigenvalue weighted by Crippen LogP contribution is 2.38. The van der Waals surface area contributed by atoms with Crippen molar-refractivity contribution in [3.8, 4) is 67.5 Å². The predicted molar refractivity (Wildman–Crippen MR) is 235 cm³/mol. The van der Waals surface area contributed by atoms with E-state index < -0.39 is 0 Å². The minimum absolute atomic E-state index is 0.588. The Morgan fingerprint density at radius 1 is 0.246 bits per heavy atom. The van der Waals surface area contributed by atoms with Gasteiger partial charge in [-0.2, -0.15) is 0 Å². The highest BCUT2D eigenvalue weighted by atomic mass is 16.3. The van der Waals surface area contributed by atoms with Crippen LogP contribution in [0, 0.1) is 0 Å². The Kier molecular flexibility index (Phi) is 7.78. The zero-order chi connectivity index (χ0) is 37.7. The average Bonchev–Trinajstić information content (AvgIpc) is 3.65. The van der Waals surface area contributed by atoms with Crippen molar-refractivity contribution in [3.63, 3.8) is 0 Å². The van der Waals surface area contributed by atoms with E-state index in [9.17, 15) is 0 Å². The summed E-state index contributed by atoms with van der Waals surface area (Å²) in [4.78, 5) is 15.1. The van der Waals surface area contributed by atoms with Crippen LogP contribution in [-0.2, 0) is 0 Å². The lowest BCUT2D eigenvalue weighted by Gasteiger charge is -2.12. The van der Waals surface area contributed by atoms with E-state index in [1.165, 1.54) is 38.4 Å². The first kappa shape index (κ1) is 32.7. The first-order chi connectivity index (χ1) is 28.2. The van der Waals surface area contributed by atoms with Crippen molar-refractivity contribution in [1.82, 2.24) is 15.0 Å². The summed E-state index contributed by atoms with van der Waals surface area (Å²) in [5.74, 6) is 1.81. The van der Waals surface area contributed by atoms with E-state index in [2.05, 4.69) is 170 Å². The summed E-state index contributed by atoms with van der Waals surface area (Å²) in [6.45, 7) is 0. The van der Waals surface area contributed by atoms with Crippen LogP contribution in [-0.4, -0.2) is 15.0 Å². The Morgan fingerprint density at radius 2 is 0.702 bits per heavy atom. The number of hydrogen-bond acceptors (Lipinski definition) is 4. The molecule has 0 radical (unpaired) electrons. The molecule has 11 aromatic rings. The van der Waals surface area contributed by atoms with Gasteiger partial charge >= 0.3 is 0 Å². The lowest BCUT2D eigenvalue weighted by atomic mass is 9.93. The first-order valence-electron chi connectivity index (χ1n) is 19.2. The molecule has 0 N–H and O–H groups in total. The average molecular weight is 728 g/mol. The van der Waals surface area contributed by atoms with Gasteiger partial charge in [0.1, 0.15) is 11.2 Å². The molecular weight excluding hydrogens is 695 g/mol. The van der Waals surface area contributed by atoms with Crippen molar-refractivity contribution < 1.29 is 4.42 Å². The minimum Gasteiger partial charge on any atom is -0.456 e. The summed E-state index contributed by atoms with van der Waals surface area (Å²) in [5.41, 5.74) is 11.3. The zero-order valence-corrected chi connectivity index (χ0v) is 30.8.